The molecule has 1 saturated carbocycles. The zero-order chi connectivity index (χ0) is 17.8. The van der Waals surface area contributed by atoms with E-state index in [0.717, 1.165) is 19.5 Å². The first-order chi connectivity index (χ1) is 12.1. The molecule has 0 N–H and O–H groups in total. The predicted octanol–water partition coefficient (Wildman–Crippen LogP) is 4.13. The minimum absolute atomic E-state index is 0. The number of piperidine rings is 1. The van der Waals surface area contributed by atoms with Crippen LogP contribution in [0.4, 0.5) is 0 Å². The van der Waals surface area contributed by atoms with E-state index >= 15 is 0 Å². The third kappa shape index (κ3) is 5.83. The van der Waals surface area contributed by atoms with Crippen molar-refractivity contribution in [3.05, 3.63) is 35.9 Å². The van der Waals surface area contributed by atoms with E-state index in [1.165, 1.54) is 25.8 Å². The number of esters is 1. The van der Waals surface area contributed by atoms with Crippen LogP contribution < -0.4 is 0 Å². The third-order valence-electron chi connectivity index (χ3n) is 5.92. The summed E-state index contributed by atoms with van der Waals surface area (Å²) in [6, 6.07) is 9.91. The van der Waals surface area contributed by atoms with E-state index in [2.05, 4.69) is 30.8 Å². The average Bonchev–Trinajstić information content (AvgIpc) is 2.60. The maximum Gasteiger partial charge on any atom is 0.338 e. The number of carbonyl (C=O) groups excluding carboxylic acids is 1. The quantitative estimate of drug-likeness (QED) is 0.652. The fraction of sp³-hybridized carbons (Fsp3) is 0.667. The highest BCUT2D eigenvalue weighted by molar-refractivity contribution is 5.89. The van der Waals surface area contributed by atoms with Crippen molar-refractivity contribution < 1.29 is 9.53 Å². The summed E-state index contributed by atoms with van der Waals surface area (Å²) < 4.78 is 6.09. The average molecular weight is 417 g/mol. The summed E-state index contributed by atoms with van der Waals surface area (Å²) in [5.74, 6) is 0.716. The van der Waals surface area contributed by atoms with Gasteiger partial charge in [0.05, 0.1) is 5.56 Å². The molecule has 3 rings (SSSR count). The van der Waals surface area contributed by atoms with Gasteiger partial charge in [-0.05, 0) is 52.0 Å². The maximum atomic E-state index is 12.6. The van der Waals surface area contributed by atoms with Gasteiger partial charge in [0, 0.05) is 31.0 Å². The molecule has 1 aliphatic carbocycles. The Hall–Kier alpha value is -0.810. The lowest BCUT2D eigenvalue weighted by atomic mass is 9.71. The monoisotopic (exact) mass is 416 g/mol. The molecule has 1 aliphatic heterocycles. The minimum atomic E-state index is -0.165. The lowest BCUT2D eigenvalue weighted by molar-refractivity contribution is -0.0921. The van der Waals surface area contributed by atoms with Crippen molar-refractivity contribution >= 4 is 30.8 Å². The van der Waals surface area contributed by atoms with Crippen LogP contribution in [0.1, 0.15) is 43.0 Å². The van der Waals surface area contributed by atoms with Crippen LogP contribution in [0.3, 0.4) is 0 Å². The van der Waals surface area contributed by atoms with Gasteiger partial charge in [-0.25, -0.2) is 4.79 Å². The van der Waals surface area contributed by atoms with Crippen LogP contribution in [-0.4, -0.2) is 61.6 Å². The van der Waals surface area contributed by atoms with E-state index < -0.39 is 0 Å². The van der Waals surface area contributed by atoms with E-state index in [1.807, 2.05) is 30.3 Å². The number of ether oxygens (including phenoxy) is 1. The molecule has 0 aromatic heterocycles. The predicted molar refractivity (Wildman–Crippen MR) is 115 cm³/mol. The van der Waals surface area contributed by atoms with Crippen LogP contribution in [0, 0.1) is 11.8 Å². The first-order valence-electron chi connectivity index (χ1n) is 9.75. The molecule has 1 saturated heterocycles. The molecule has 4 nitrogen and oxygen atoms in total. The normalized spacial score (nSPS) is 27.4. The Bertz CT molecular complexity index is 571. The highest BCUT2D eigenvalue weighted by Crippen LogP contribution is 2.39. The van der Waals surface area contributed by atoms with Crippen molar-refractivity contribution in [2.75, 3.05) is 33.7 Å². The molecule has 0 amide bonds. The zero-order valence-corrected chi connectivity index (χ0v) is 18.3. The van der Waals surface area contributed by atoms with E-state index in [-0.39, 0.29) is 36.9 Å². The number of unbranched alkanes of at least 4 members (excludes halogenated alkanes) is 1. The van der Waals surface area contributed by atoms with Crippen molar-refractivity contribution in [3.63, 3.8) is 0 Å². The Morgan fingerprint density at radius 3 is 2.48 bits per heavy atom. The first kappa shape index (κ1) is 24.2. The van der Waals surface area contributed by atoms with Crippen molar-refractivity contribution in [2.45, 2.75) is 44.8 Å². The smallest absolute Gasteiger partial charge is 0.338 e. The third-order valence-corrected chi connectivity index (χ3v) is 5.92. The standard InChI is InChI=1S/C21H32N2O2.2ClH/c1-4-5-13-23-14-17-11-12-19(22(2)3)18(15-23)20(17)25-21(24)16-9-7-6-8-10-16;;/h6-10,17-20H,4-5,11-15H2,1-3H3;2*1H. The highest BCUT2D eigenvalue weighted by atomic mass is 35.5. The van der Waals surface area contributed by atoms with Crippen molar-refractivity contribution in [2.24, 2.45) is 11.8 Å². The summed E-state index contributed by atoms with van der Waals surface area (Å²) in [7, 11) is 4.32. The number of benzene rings is 1. The molecule has 0 spiro atoms. The van der Waals surface area contributed by atoms with Crippen LogP contribution in [0.2, 0.25) is 0 Å². The first-order valence-corrected chi connectivity index (χ1v) is 9.75. The molecule has 1 aromatic carbocycles. The molecule has 6 heteroatoms. The summed E-state index contributed by atoms with van der Waals surface area (Å²) in [6.45, 7) is 5.54. The van der Waals surface area contributed by atoms with Gasteiger partial charge in [-0.3, -0.25) is 0 Å². The number of carbonyl (C=O) groups is 1. The molecule has 2 bridgehead atoms. The van der Waals surface area contributed by atoms with E-state index in [4.69, 9.17) is 4.74 Å². The lowest BCUT2D eigenvalue weighted by Gasteiger charge is -2.51. The summed E-state index contributed by atoms with van der Waals surface area (Å²) in [5.41, 5.74) is 0.662. The van der Waals surface area contributed by atoms with Gasteiger partial charge in [0.2, 0.25) is 0 Å². The SMILES string of the molecule is CCCCN1CC2CCC(N(C)C)C(C1)C2OC(=O)c1ccccc1.Cl.Cl. The van der Waals surface area contributed by atoms with Gasteiger partial charge in [-0.1, -0.05) is 31.5 Å². The molecule has 1 aromatic rings. The number of rotatable bonds is 6. The number of hydrogen-bond donors (Lipinski definition) is 0. The van der Waals surface area contributed by atoms with Crippen LogP contribution in [-0.2, 0) is 4.74 Å². The Morgan fingerprint density at radius 1 is 1.15 bits per heavy atom. The van der Waals surface area contributed by atoms with Gasteiger partial charge in [0.15, 0.2) is 0 Å². The van der Waals surface area contributed by atoms with Gasteiger partial charge in [-0.15, -0.1) is 24.8 Å². The summed E-state index contributed by atoms with van der Waals surface area (Å²) in [4.78, 5) is 17.6. The van der Waals surface area contributed by atoms with Crippen LogP contribution in [0.15, 0.2) is 30.3 Å². The molecule has 27 heavy (non-hydrogen) atoms. The number of likely N-dealkylation sites (tertiary alicyclic amines) is 1. The molecule has 0 radical (unpaired) electrons. The van der Waals surface area contributed by atoms with Gasteiger partial charge >= 0.3 is 5.97 Å². The number of halogens is 2. The summed E-state index contributed by atoms with van der Waals surface area (Å²) in [6.07, 6.45) is 4.89. The minimum Gasteiger partial charge on any atom is -0.458 e. The van der Waals surface area contributed by atoms with E-state index in [0.29, 0.717) is 23.4 Å². The summed E-state index contributed by atoms with van der Waals surface area (Å²) in [5, 5.41) is 0. The molecule has 154 valence electrons. The second-order valence-electron chi connectivity index (χ2n) is 7.88. The Kier molecular flexibility index (Phi) is 10.1. The number of fused-ring (bicyclic) bond motifs is 2. The topological polar surface area (TPSA) is 32.8 Å². The fourth-order valence-electron chi connectivity index (χ4n) is 4.61. The van der Waals surface area contributed by atoms with Gasteiger partial charge in [0.1, 0.15) is 6.10 Å². The molecular formula is C21H34Cl2N2O2. The van der Waals surface area contributed by atoms with Gasteiger partial charge in [-0.2, -0.15) is 0 Å². The molecule has 2 aliphatic rings. The molecule has 4 atom stereocenters. The largest absolute Gasteiger partial charge is 0.458 e. The van der Waals surface area contributed by atoms with Crippen molar-refractivity contribution in [1.82, 2.24) is 9.80 Å². The van der Waals surface area contributed by atoms with Crippen LogP contribution in [0.5, 0.6) is 0 Å². The van der Waals surface area contributed by atoms with E-state index in [1.54, 1.807) is 0 Å². The molecular weight excluding hydrogens is 383 g/mol. The van der Waals surface area contributed by atoms with E-state index in [9.17, 15) is 4.79 Å². The second-order valence-corrected chi connectivity index (χ2v) is 7.88. The number of nitrogens with zero attached hydrogens (tertiary/aromatic N) is 2. The molecule has 1 heterocycles. The lowest BCUT2D eigenvalue weighted by Crippen LogP contribution is -2.60. The highest BCUT2D eigenvalue weighted by Gasteiger charge is 2.47. The maximum absolute atomic E-state index is 12.6. The van der Waals surface area contributed by atoms with Crippen molar-refractivity contribution in [3.8, 4) is 0 Å². The second kappa shape index (κ2) is 11.3. The Balaban J connectivity index is 0.00000182. The Labute approximate surface area is 176 Å². The van der Waals surface area contributed by atoms with Gasteiger partial charge < -0.3 is 14.5 Å². The van der Waals surface area contributed by atoms with Gasteiger partial charge in [0.25, 0.3) is 0 Å². The number of hydrogen-bond acceptors (Lipinski definition) is 4. The molecule has 2 fully saturated rings. The van der Waals surface area contributed by atoms with Crippen LogP contribution >= 0.6 is 24.8 Å². The van der Waals surface area contributed by atoms with Crippen LogP contribution in [0.25, 0.3) is 0 Å². The fourth-order valence-corrected chi connectivity index (χ4v) is 4.61. The van der Waals surface area contributed by atoms with Crippen molar-refractivity contribution in [1.29, 1.82) is 0 Å². The molecule has 4 unspecified atom stereocenters. The zero-order valence-electron chi connectivity index (χ0n) is 16.7. The summed E-state index contributed by atoms with van der Waals surface area (Å²) >= 11 is 0. The Morgan fingerprint density at radius 2 is 1.85 bits per heavy atom.